The molecule has 94 valence electrons. The topological polar surface area (TPSA) is 46.5 Å². The molecule has 1 atom stereocenters. The van der Waals surface area contributed by atoms with Gasteiger partial charge in [-0.15, -0.1) is 11.3 Å². The van der Waals surface area contributed by atoms with E-state index in [2.05, 4.69) is 20.7 Å². The Morgan fingerprint density at radius 3 is 2.67 bits per heavy atom. The first-order chi connectivity index (χ1) is 8.63. The van der Waals surface area contributed by atoms with Crippen molar-refractivity contribution in [3.05, 3.63) is 45.7 Å². The van der Waals surface area contributed by atoms with Crippen LogP contribution in [0.1, 0.15) is 11.7 Å². The number of aliphatic hydroxyl groups is 1. The molecule has 0 aliphatic carbocycles. The van der Waals surface area contributed by atoms with Crippen LogP contribution in [-0.4, -0.2) is 18.2 Å². The third-order valence-electron chi connectivity index (χ3n) is 2.49. The van der Waals surface area contributed by atoms with Gasteiger partial charge in [-0.25, -0.2) is 4.79 Å². The lowest BCUT2D eigenvalue weighted by Gasteiger charge is -2.06. The van der Waals surface area contributed by atoms with E-state index in [1.807, 2.05) is 30.3 Å². The number of carbonyl (C=O) groups is 1. The molecule has 18 heavy (non-hydrogen) atoms. The summed E-state index contributed by atoms with van der Waals surface area (Å²) in [7, 11) is 1.25. The number of methoxy groups -OCH3 is 1. The zero-order valence-corrected chi connectivity index (χ0v) is 12.0. The van der Waals surface area contributed by atoms with Crippen LogP contribution in [0.4, 0.5) is 0 Å². The molecule has 1 heterocycles. The van der Waals surface area contributed by atoms with Crippen LogP contribution >= 0.6 is 27.3 Å². The van der Waals surface area contributed by atoms with E-state index in [9.17, 15) is 9.90 Å². The highest BCUT2D eigenvalue weighted by molar-refractivity contribution is 9.11. The Morgan fingerprint density at radius 2 is 2.06 bits per heavy atom. The fourth-order valence-corrected chi connectivity index (χ4v) is 3.33. The Balaban J connectivity index is 2.36. The lowest BCUT2D eigenvalue weighted by Crippen LogP contribution is -2.12. The molecule has 0 saturated heterocycles. The lowest BCUT2D eigenvalue weighted by molar-refractivity contribution is -0.150. The molecule has 1 unspecified atom stereocenters. The number of hydrogen-bond acceptors (Lipinski definition) is 4. The Morgan fingerprint density at radius 1 is 1.39 bits per heavy atom. The van der Waals surface area contributed by atoms with Gasteiger partial charge in [-0.05, 0) is 27.6 Å². The Kier molecular flexibility index (Phi) is 4.16. The zero-order valence-electron chi connectivity index (χ0n) is 9.59. The van der Waals surface area contributed by atoms with Crippen LogP contribution in [0.3, 0.4) is 0 Å². The number of rotatable bonds is 3. The number of carbonyl (C=O) groups excluding carboxylic acids is 1. The van der Waals surface area contributed by atoms with Crippen LogP contribution < -0.4 is 0 Å². The molecule has 1 aromatic carbocycles. The molecule has 0 aliphatic rings. The van der Waals surface area contributed by atoms with Crippen molar-refractivity contribution in [1.29, 1.82) is 0 Å². The maximum atomic E-state index is 11.3. The first-order valence-corrected chi connectivity index (χ1v) is 6.85. The Hall–Kier alpha value is -1.17. The number of esters is 1. The fraction of sp³-hybridized carbons (Fsp3) is 0.154. The molecule has 1 aromatic heterocycles. The van der Waals surface area contributed by atoms with Gasteiger partial charge in [-0.1, -0.05) is 30.3 Å². The van der Waals surface area contributed by atoms with Crippen LogP contribution in [0.2, 0.25) is 0 Å². The van der Waals surface area contributed by atoms with Gasteiger partial charge in [0.05, 0.1) is 10.9 Å². The molecule has 1 N–H and O–H groups in total. The first kappa shape index (κ1) is 13.3. The molecular formula is C13H11BrO3S. The second-order valence-corrected chi connectivity index (χ2v) is 6.00. The Bertz CT molecular complexity index is 551. The van der Waals surface area contributed by atoms with Crippen molar-refractivity contribution in [3.63, 3.8) is 0 Å². The molecule has 0 bridgehead atoms. The highest BCUT2D eigenvalue weighted by atomic mass is 79.9. The predicted octanol–water partition coefficient (Wildman–Crippen LogP) is 3.38. The van der Waals surface area contributed by atoms with Gasteiger partial charge in [0, 0.05) is 10.4 Å². The van der Waals surface area contributed by atoms with E-state index in [1.54, 1.807) is 6.07 Å². The van der Waals surface area contributed by atoms with E-state index in [4.69, 9.17) is 0 Å². The normalized spacial score (nSPS) is 12.2. The van der Waals surface area contributed by atoms with Crippen molar-refractivity contribution in [1.82, 2.24) is 0 Å². The molecule has 2 aromatic rings. The molecular weight excluding hydrogens is 316 g/mol. The van der Waals surface area contributed by atoms with Crippen molar-refractivity contribution in [2.45, 2.75) is 6.10 Å². The first-order valence-electron chi connectivity index (χ1n) is 5.24. The average Bonchev–Trinajstić information content (AvgIpc) is 2.80. The quantitative estimate of drug-likeness (QED) is 0.879. The minimum Gasteiger partial charge on any atom is -0.467 e. The van der Waals surface area contributed by atoms with E-state index in [0.29, 0.717) is 5.56 Å². The molecule has 0 amide bonds. The second kappa shape index (κ2) is 5.65. The number of benzene rings is 1. The third kappa shape index (κ3) is 2.63. The van der Waals surface area contributed by atoms with Gasteiger partial charge < -0.3 is 9.84 Å². The van der Waals surface area contributed by atoms with Gasteiger partial charge in [0.2, 0.25) is 0 Å². The summed E-state index contributed by atoms with van der Waals surface area (Å²) in [6.45, 7) is 0. The van der Waals surface area contributed by atoms with Gasteiger partial charge in [0.15, 0.2) is 6.10 Å². The monoisotopic (exact) mass is 326 g/mol. The van der Waals surface area contributed by atoms with E-state index in [-0.39, 0.29) is 0 Å². The largest absolute Gasteiger partial charge is 0.467 e. The zero-order chi connectivity index (χ0) is 13.1. The maximum Gasteiger partial charge on any atom is 0.339 e. The van der Waals surface area contributed by atoms with Gasteiger partial charge in [0.25, 0.3) is 0 Å². The highest BCUT2D eigenvalue weighted by Crippen LogP contribution is 2.38. The average molecular weight is 327 g/mol. The minimum atomic E-state index is -1.25. The third-order valence-corrected chi connectivity index (χ3v) is 4.42. The van der Waals surface area contributed by atoms with Crippen LogP contribution in [0, 0.1) is 0 Å². The summed E-state index contributed by atoms with van der Waals surface area (Å²) in [5, 5.41) is 9.83. The lowest BCUT2D eigenvalue weighted by atomic mass is 10.1. The summed E-state index contributed by atoms with van der Waals surface area (Å²) >= 11 is 4.84. The summed E-state index contributed by atoms with van der Waals surface area (Å²) in [6, 6.07) is 11.6. The molecule has 0 aliphatic heterocycles. The number of aliphatic hydroxyl groups excluding tert-OH is 1. The maximum absolute atomic E-state index is 11.3. The van der Waals surface area contributed by atoms with E-state index < -0.39 is 12.1 Å². The summed E-state index contributed by atoms with van der Waals surface area (Å²) in [4.78, 5) is 12.3. The molecule has 0 radical (unpaired) electrons. The van der Waals surface area contributed by atoms with Crippen LogP contribution in [-0.2, 0) is 9.53 Å². The van der Waals surface area contributed by atoms with E-state index in [0.717, 1.165) is 14.2 Å². The van der Waals surface area contributed by atoms with Gasteiger partial charge in [0.1, 0.15) is 0 Å². The van der Waals surface area contributed by atoms with Crippen LogP contribution in [0.5, 0.6) is 0 Å². The fourth-order valence-electron chi connectivity index (χ4n) is 1.55. The summed E-state index contributed by atoms with van der Waals surface area (Å²) in [6.07, 6.45) is -1.25. The molecule has 0 saturated carbocycles. The molecule has 5 heteroatoms. The standard InChI is InChI=1S/C13H11BrO3S/c1-17-13(16)11(15)9-7-10(18-12(9)14)8-5-3-2-4-6-8/h2-7,11,15H,1H3. The van der Waals surface area contributed by atoms with Gasteiger partial charge in [-0.3, -0.25) is 0 Å². The van der Waals surface area contributed by atoms with Crippen molar-refractivity contribution in [2.75, 3.05) is 7.11 Å². The van der Waals surface area contributed by atoms with Crippen molar-refractivity contribution < 1.29 is 14.6 Å². The van der Waals surface area contributed by atoms with Gasteiger partial charge in [-0.2, -0.15) is 0 Å². The number of halogens is 1. The summed E-state index contributed by atoms with van der Waals surface area (Å²) in [5.41, 5.74) is 1.58. The Labute approximate surface area is 117 Å². The van der Waals surface area contributed by atoms with Crippen LogP contribution in [0.25, 0.3) is 10.4 Å². The molecule has 0 fully saturated rings. The SMILES string of the molecule is COC(=O)C(O)c1cc(-c2ccccc2)sc1Br. The number of thiophene rings is 1. The summed E-state index contributed by atoms with van der Waals surface area (Å²) < 4.78 is 5.27. The van der Waals surface area contributed by atoms with E-state index in [1.165, 1.54) is 18.4 Å². The molecule has 0 spiro atoms. The predicted molar refractivity (Wildman–Crippen MR) is 74.4 cm³/mol. The van der Waals surface area contributed by atoms with Crippen LogP contribution in [0.15, 0.2) is 40.2 Å². The number of ether oxygens (including phenoxy) is 1. The number of hydrogen-bond donors (Lipinski definition) is 1. The van der Waals surface area contributed by atoms with E-state index >= 15 is 0 Å². The highest BCUT2D eigenvalue weighted by Gasteiger charge is 2.23. The summed E-state index contributed by atoms with van der Waals surface area (Å²) in [5.74, 6) is -0.659. The molecule has 3 nitrogen and oxygen atoms in total. The molecule has 2 rings (SSSR count). The van der Waals surface area contributed by atoms with Crippen molar-refractivity contribution in [3.8, 4) is 10.4 Å². The smallest absolute Gasteiger partial charge is 0.339 e. The van der Waals surface area contributed by atoms with Crippen molar-refractivity contribution in [2.24, 2.45) is 0 Å². The minimum absolute atomic E-state index is 0.533. The van der Waals surface area contributed by atoms with Crippen molar-refractivity contribution >= 4 is 33.2 Å². The second-order valence-electron chi connectivity index (χ2n) is 3.63. The van der Waals surface area contributed by atoms with Gasteiger partial charge >= 0.3 is 5.97 Å².